The third-order valence-electron chi connectivity index (χ3n) is 5.14. The molecule has 5 heteroatoms. The number of hydrogen-bond donors (Lipinski definition) is 2. The number of aryl methyl sites for hydroxylation is 2. The van der Waals surface area contributed by atoms with Crippen LogP contribution in [0.4, 0.5) is 5.69 Å². The summed E-state index contributed by atoms with van der Waals surface area (Å²) in [5.41, 5.74) is 10.9. The maximum Gasteiger partial charge on any atom is 0.193 e. The van der Waals surface area contributed by atoms with Crippen molar-refractivity contribution in [3.8, 4) is 0 Å². The Morgan fingerprint density at radius 1 is 1.17 bits per heavy atom. The third kappa shape index (κ3) is 3.30. The molecule has 126 valence electrons. The minimum absolute atomic E-state index is 0.448. The van der Waals surface area contributed by atoms with Crippen molar-refractivity contribution in [1.82, 2.24) is 9.78 Å². The van der Waals surface area contributed by atoms with Crippen molar-refractivity contribution in [1.29, 1.82) is 0 Å². The molecule has 0 unspecified atom stereocenters. The van der Waals surface area contributed by atoms with Gasteiger partial charge in [0.2, 0.25) is 0 Å². The van der Waals surface area contributed by atoms with Gasteiger partial charge in [-0.3, -0.25) is 4.68 Å². The van der Waals surface area contributed by atoms with Crippen molar-refractivity contribution in [3.05, 3.63) is 47.3 Å². The van der Waals surface area contributed by atoms with E-state index in [1.165, 1.54) is 56.1 Å². The van der Waals surface area contributed by atoms with E-state index in [0.717, 1.165) is 11.4 Å². The van der Waals surface area contributed by atoms with Crippen molar-refractivity contribution < 1.29 is 0 Å². The molecule has 0 spiro atoms. The number of nitrogens with two attached hydrogens (primary N) is 1. The van der Waals surface area contributed by atoms with Crippen LogP contribution in [0.5, 0.6) is 0 Å². The van der Waals surface area contributed by atoms with Crippen molar-refractivity contribution in [2.24, 2.45) is 10.7 Å². The highest BCUT2D eigenvalue weighted by Gasteiger charge is 2.17. The molecule has 0 aliphatic heterocycles. The number of nitrogens with zero attached hydrogens (tertiary/aromatic N) is 3. The molecule has 2 aliphatic carbocycles. The van der Waals surface area contributed by atoms with Gasteiger partial charge in [-0.1, -0.05) is 18.9 Å². The smallest absolute Gasteiger partial charge is 0.193 e. The van der Waals surface area contributed by atoms with Crippen LogP contribution >= 0.6 is 0 Å². The van der Waals surface area contributed by atoms with Crippen molar-refractivity contribution in [3.63, 3.8) is 0 Å². The zero-order chi connectivity index (χ0) is 16.4. The van der Waals surface area contributed by atoms with Crippen LogP contribution in [0.1, 0.15) is 55.0 Å². The Morgan fingerprint density at radius 3 is 2.88 bits per heavy atom. The van der Waals surface area contributed by atoms with E-state index < -0.39 is 0 Å². The lowest BCUT2D eigenvalue weighted by Crippen LogP contribution is -2.22. The quantitative estimate of drug-likeness (QED) is 0.669. The summed E-state index contributed by atoms with van der Waals surface area (Å²) in [6.45, 7) is 0.517. The van der Waals surface area contributed by atoms with E-state index in [1.807, 2.05) is 6.07 Å². The number of fused-ring (bicyclic) bond motifs is 1. The summed E-state index contributed by atoms with van der Waals surface area (Å²) in [5.74, 6) is 0.448. The highest BCUT2D eigenvalue weighted by Crippen LogP contribution is 2.28. The molecule has 5 nitrogen and oxygen atoms in total. The van der Waals surface area contributed by atoms with Gasteiger partial charge in [-0.2, -0.15) is 5.10 Å². The lowest BCUT2D eigenvalue weighted by atomic mass is 10.1. The zero-order valence-electron chi connectivity index (χ0n) is 14.0. The van der Waals surface area contributed by atoms with Crippen LogP contribution in [-0.4, -0.2) is 15.7 Å². The minimum Gasteiger partial charge on any atom is -0.370 e. The highest BCUT2D eigenvalue weighted by molar-refractivity contribution is 5.92. The normalized spacial score (nSPS) is 18.1. The molecule has 4 rings (SSSR count). The van der Waals surface area contributed by atoms with Gasteiger partial charge in [0.05, 0.1) is 18.3 Å². The summed E-state index contributed by atoms with van der Waals surface area (Å²) in [6, 6.07) is 9.09. The molecule has 1 aromatic heterocycles. The fourth-order valence-electron chi connectivity index (χ4n) is 3.84. The molecule has 24 heavy (non-hydrogen) atoms. The fraction of sp³-hybridized carbons (Fsp3) is 0.474. The van der Waals surface area contributed by atoms with Gasteiger partial charge < -0.3 is 11.1 Å². The Hall–Kier alpha value is -2.30. The van der Waals surface area contributed by atoms with E-state index in [1.54, 1.807) is 0 Å². The van der Waals surface area contributed by atoms with Gasteiger partial charge in [0, 0.05) is 11.9 Å². The summed E-state index contributed by atoms with van der Waals surface area (Å²) in [7, 11) is 0. The van der Waals surface area contributed by atoms with Crippen LogP contribution in [-0.2, 0) is 19.4 Å². The second-order valence-electron chi connectivity index (χ2n) is 6.89. The van der Waals surface area contributed by atoms with Gasteiger partial charge >= 0.3 is 0 Å². The van der Waals surface area contributed by atoms with E-state index in [4.69, 9.17) is 5.73 Å². The van der Waals surface area contributed by atoms with Crippen LogP contribution in [0.3, 0.4) is 0 Å². The number of hydrogen-bond acceptors (Lipinski definition) is 2. The molecule has 0 amide bonds. The van der Waals surface area contributed by atoms with E-state index in [9.17, 15) is 0 Å². The van der Waals surface area contributed by atoms with Gasteiger partial charge in [0.25, 0.3) is 0 Å². The molecule has 1 fully saturated rings. The van der Waals surface area contributed by atoms with E-state index in [2.05, 4.69) is 44.5 Å². The van der Waals surface area contributed by atoms with Crippen LogP contribution in [0.25, 0.3) is 0 Å². The Morgan fingerprint density at radius 2 is 2.00 bits per heavy atom. The molecule has 1 aromatic carbocycles. The summed E-state index contributed by atoms with van der Waals surface area (Å²) in [4.78, 5) is 4.43. The Kier molecular flexibility index (Phi) is 4.24. The predicted octanol–water partition coefficient (Wildman–Crippen LogP) is 3.41. The lowest BCUT2D eigenvalue weighted by molar-refractivity contribution is 0.463. The Balaban J connectivity index is 1.37. The first-order valence-electron chi connectivity index (χ1n) is 9.01. The average Bonchev–Trinajstić information content (AvgIpc) is 3.32. The van der Waals surface area contributed by atoms with Crippen molar-refractivity contribution in [2.45, 2.75) is 57.5 Å². The maximum absolute atomic E-state index is 6.03. The number of guanidine groups is 1. The van der Waals surface area contributed by atoms with Gasteiger partial charge in [-0.15, -0.1) is 0 Å². The molecule has 2 aliphatic rings. The molecule has 0 radical (unpaired) electrons. The van der Waals surface area contributed by atoms with Crippen molar-refractivity contribution in [2.75, 3.05) is 5.32 Å². The van der Waals surface area contributed by atoms with Crippen LogP contribution in [0.2, 0.25) is 0 Å². The lowest BCUT2D eigenvalue weighted by Gasteiger charge is -2.09. The predicted molar refractivity (Wildman–Crippen MR) is 97.1 cm³/mol. The number of aliphatic imine (C=N–C) groups is 1. The van der Waals surface area contributed by atoms with Crippen LogP contribution < -0.4 is 11.1 Å². The minimum atomic E-state index is 0.448. The summed E-state index contributed by atoms with van der Waals surface area (Å²) in [6.07, 6.45) is 10.8. The van der Waals surface area contributed by atoms with E-state index in [-0.39, 0.29) is 0 Å². The number of anilines is 1. The number of nitrogens with one attached hydrogen (secondary N) is 1. The standard InChI is InChI=1S/C19H25N5/c20-19(22-16-9-8-14-4-3-5-15(14)12-16)21-13-17-10-11-24(23-17)18-6-1-2-7-18/h8-12,18H,1-7,13H2,(H3,20,21,22). The molecule has 0 saturated heterocycles. The highest BCUT2D eigenvalue weighted by atomic mass is 15.3. The second kappa shape index (κ2) is 6.67. The molecule has 3 N–H and O–H groups in total. The molecular weight excluding hydrogens is 298 g/mol. The van der Waals surface area contributed by atoms with E-state index in [0.29, 0.717) is 18.5 Å². The van der Waals surface area contributed by atoms with Crippen molar-refractivity contribution >= 4 is 11.6 Å². The second-order valence-corrected chi connectivity index (χ2v) is 6.89. The van der Waals surface area contributed by atoms with Gasteiger partial charge in [0.15, 0.2) is 5.96 Å². The molecule has 0 bridgehead atoms. The molecule has 1 heterocycles. The SMILES string of the molecule is NC(=NCc1ccn(C2CCCC2)n1)Nc1ccc2c(c1)CCC2. The maximum atomic E-state index is 6.03. The molecular formula is C19H25N5. The summed E-state index contributed by atoms with van der Waals surface area (Å²) >= 11 is 0. The van der Waals surface area contributed by atoms with Gasteiger partial charge in [-0.05, 0) is 61.4 Å². The number of benzene rings is 1. The Bertz CT molecular complexity index is 740. The first-order chi connectivity index (χ1) is 11.8. The first-order valence-corrected chi connectivity index (χ1v) is 9.01. The monoisotopic (exact) mass is 323 g/mol. The average molecular weight is 323 g/mol. The van der Waals surface area contributed by atoms with Gasteiger partial charge in [0.1, 0.15) is 0 Å². The van der Waals surface area contributed by atoms with Crippen LogP contribution in [0.15, 0.2) is 35.5 Å². The first kappa shape index (κ1) is 15.2. The number of rotatable bonds is 4. The number of aromatic nitrogens is 2. The largest absolute Gasteiger partial charge is 0.370 e. The fourth-order valence-corrected chi connectivity index (χ4v) is 3.84. The summed E-state index contributed by atoms with van der Waals surface area (Å²) < 4.78 is 2.10. The molecule has 0 atom stereocenters. The zero-order valence-corrected chi connectivity index (χ0v) is 14.0. The topological polar surface area (TPSA) is 68.2 Å². The molecule has 2 aromatic rings. The summed E-state index contributed by atoms with van der Waals surface area (Å²) in [5, 5.41) is 7.84. The Labute approximate surface area is 143 Å². The van der Waals surface area contributed by atoms with Gasteiger partial charge in [-0.25, -0.2) is 4.99 Å². The molecule has 1 saturated carbocycles. The third-order valence-corrected chi connectivity index (χ3v) is 5.14. The van der Waals surface area contributed by atoms with E-state index >= 15 is 0 Å². The van der Waals surface area contributed by atoms with Crippen LogP contribution in [0, 0.1) is 0 Å².